The van der Waals surface area contributed by atoms with Gasteiger partial charge in [-0.3, -0.25) is 0 Å². The fourth-order valence-electron chi connectivity index (χ4n) is 3.36. The van der Waals surface area contributed by atoms with Crippen LogP contribution in [0, 0.1) is 0 Å². The first-order valence-electron chi connectivity index (χ1n) is 7.87. The Morgan fingerprint density at radius 2 is 1.29 bits per heavy atom. The molecule has 0 amide bonds. The van der Waals surface area contributed by atoms with Gasteiger partial charge in [0.05, 0.1) is 10.8 Å². The predicted molar refractivity (Wildman–Crippen MR) is 99.6 cm³/mol. The van der Waals surface area contributed by atoms with Crippen molar-refractivity contribution < 1.29 is 9.51 Å². The van der Waals surface area contributed by atoms with E-state index in [2.05, 4.69) is 36.4 Å². The van der Waals surface area contributed by atoms with E-state index in [1.54, 1.807) is 11.3 Å². The molecule has 0 atom stereocenters. The largest absolute Gasteiger partial charge is 0.458 e. The van der Waals surface area contributed by atoms with Crippen LogP contribution in [0.1, 0.15) is 0 Å². The molecule has 1 N–H and O–H groups in total. The van der Waals surface area contributed by atoms with Gasteiger partial charge >= 0.3 is 5.88 Å². The van der Waals surface area contributed by atoms with Gasteiger partial charge < -0.3 is 5.11 Å². The minimum Gasteiger partial charge on any atom is -0.458 e. The summed E-state index contributed by atoms with van der Waals surface area (Å²) in [5, 5.41) is 14.5. The Labute approximate surface area is 142 Å². The maximum atomic E-state index is 11.0. The monoisotopic (exact) mass is 328 g/mol. The average molecular weight is 328 g/mol. The van der Waals surface area contributed by atoms with Crippen molar-refractivity contribution in [3.8, 4) is 16.3 Å². The zero-order valence-electron chi connectivity index (χ0n) is 12.8. The number of hydrogen-bond acceptors (Lipinski definition) is 2. The van der Waals surface area contributed by atoms with Gasteiger partial charge in [0.15, 0.2) is 4.88 Å². The minimum atomic E-state index is 0.308. The first-order chi connectivity index (χ1) is 11.8. The van der Waals surface area contributed by atoms with Crippen LogP contribution in [0.3, 0.4) is 0 Å². The van der Waals surface area contributed by atoms with Crippen molar-refractivity contribution in [3.63, 3.8) is 0 Å². The maximum absolute atomic E-state index is 11.0. The van der Waals surface area contributed by atoms with Crippen LogP contribution in [0.2, 0.25) is 0 Å². The van der Waals surface area contributed by atoms with Crippen molar-refractivity contribution in [2.75, 3.05) is 0 Å². The van der Waals surface area contributed by atoms with Crippen LogP contribution in [0.25, 0.3) is 36.9 Å². The van der Waals surface area contributed by atoms with Gasteiger partial charge in [-0.2, -0.15) is 0 Å². The van der Waals surface area contributed by atoms with Crippen LogP contribution >= 0.6 is 11.3 Å². The Balaban J connectivity index is 2.04. The number of pyridine rings is 1. The van der Waals surface area contributed by atoms with Crippen LogP contribution in [-0.2, 0) is 0 Å². The van der Waals surface area contributed by atoms with Crippen LogP contribution < -0.4 is 4.40 Å². The molecule has 0 spiro atoms. The standard InChI is InChI=1S/C21H13NOS/c23-20-19(14-8-2-1-3-9-14)24-21-17-12-5-4-10-15(17)16-11-6-7-13-18(16)22(20)21/h1-13H/p+1. The zero-order chi connectivity index (χ0) is 16.1. The Kier molecular flexibility index (Phi) is 2.84. The molecule has 2 aromatic heterocycles. The van der Waals surface area contributed by atoms with Gasteiger partial charge in [-0.05, 0) is 12.1 Å². The average Bonchev–Trinajstić information content (AvgIpc) is 3.01. The molecule has 24 heavy (non-hydrogen) atoms. The molecular weight excluding hydrogens is 314 g/mol. The number of benzene rings is 3. The lowest BCUT2D eigenvalue weighted by molar-refractivity contribution is -0.487. The van der Waals surface area contributed by atoms with E-state index in [1.807, 2.05) is 46.9 Å². The molecule has 0 unspecified atom stereocenters. The Bertz CT molecular complexity index is 1210. The first kappa shape index (κ1) is 13.5. The molecule has 0 saturated heterocycles. The van der Waals surface area contributed by atoms with Gasteiger partial charge in [0.25, 0.3) is 4.83 Å². The molecule has 0 aliphatic carbocycles. The molecule has 5 aromatic rings. The third-order valence-electron chi connectivity index (χ3n) is 4.45. The van der Waals surface area contributed by atoms with Crippen molar-refractivity contribution in [1.82, 2.24) is 0 Å². The fraction of sp³-hybridized carbons (Fsp3) is 0. The predicted octanol–water partition coefficient (Wildman–Crippen LogP) is 5.17. The minimum absolute atomic E-state index is 0.308. The molecule has 2 nitrogen and oxygen atoms in total. The van der Waals surface area contributed by atoms with Gasteiger partial charge in [-0.1, -0.05) is 72.0 Å². The highest BCUT2D eigenvalue weighted by Gasteiger charge is 2.26. The topological polar surface area (TPSA) is 24.3 Å². The molecule has 0 bridgehead atoms. The molecule has 3 heteroatoms. The SMILES string of the molecule is Oc1c(-c2ccccc2)sc2c3ccccc3c3ccccc3[n+]12. The quantitative estimate of drug-likeness (QED) is 0.333. The van der Waals surface area contributed by atoms with E-state index < -0.39 is 0 Å². The summed E-state index contributed by atoms with van der Waals surface area (Å²) in [5.74, 6) is 0.308. The first-order valence-corrected chi connectivity index (χ1v) is 8.68. The second-order valence-electron chi connectivity index (χ2n) is 5.82. The van der Waals surface area contributed by atoms with Crippen molar-refractivity contribution >= 4 is 37.8 Å². The summed E-state index contributed by atoms with van der Waals surface area (Å²) in [6.07, 6.45) is 0. The number of aromatic nitrogens is 1. The van der Waals surface area contributed by atoms with Crippen LogP contribution in [-0.4, -0.2) is 5.11 Å². The Morgan fingerprint density at radius 1 is 0.667 bits per heavy atom. The molecule has 0 aliphatic rings. The van der Waals surface area contributed by atoms with E-state index in [0.29, 0.717) is 5.88 Å². The highest BCUT2D eigenvalue weighted by atomic mass is 32.1. The molecule has 0 fully saturated rings. The highest BCUT2D eigenvalue weighted by Crippen LogP contribution is 2.38. The van der Waals surface area contributed by atoms with Gasteiger partial charge in [-0.15, -0.1) is 4.40 Å². The molecule has 114 valence electrons. The third kappa shape index (κ3) is 1.79. The summed E-state index contributed by atoms with van der Waals surface area (Å²) >= 11 is 1.63. The van der Waals surface area contributed by atoms with Crippen LogP contribution in [0.4, 0.5) is 0 Å². The zero-order valence-corrected chi connectivity index (χ0v) is 13.6. The number of nitrogens with zero attached hydrogens (tertiary/aromatic N) is 1. The Hall–Kier alpha value is -2.91. The number of thiazole rings is 1. The summed E-state index contributed by atoms with van der Waals surface area (Å²) < 4.78 is 1.98. The fourth-order valence-corrected chi connectivity index (χ4v) is 4.56. The molecule has 0 radical (unpaired) electrons. The number of hydrogen-bond donors (Lipinski definition) is 1. The van der Waals surface area contributed by atoms with E-state index in [1.165, 1.54) is 10.8 Å². The maximum Gasteiger partial charge on any atom is 0.391 e. The number of rotatable bonds is 1. The van der Waals surface area contributed by atoms with Crippen molar-refractivity contribution in [3.05, 3.63) is 78.9 Å². The molecule has 5 rings (SSSR count). The number of para-hydroxylation sites is 1. The number of aromatic hydroxyl groups is 1. The number of fused-ring (bicyclic) bond motifs is 6. The van der Waals surface area contributed by atoms with E-state index in [4.69, 9.17) is 0 Å². The van der Waals surface area contributed by atoms with Gasteiger partial charge in [0.1, 0.15) is 0 Å². The molecule has 0 saturated carbocycles. The van der Waals surface area contributed by atoms with E-state index in [0.717, 1.165) is 26.2 Å². The summed E-state index contributed by atoms with van der Waals surface area (Å²) in [6.45, 7) is 0. The summed E-state index contributed by atoms with van der Waals surface area (Å²) in [4.78, 5) is 1.97. The lowest BCUT2D eigenvalue weighted by Gasteiger charge is -2.00. The summed E-state index contributed by atoms with van der Waals surface area (Å²) in [5.41, 5.74) is 2.07. The van der Waals surface area contributed by atoms with E-state index >= 15 is 0 Å². The smallest absolute Gasteiger partial charge is 0.391 e. The van der Waals surface area contributed by atoms with Crippen LogP contribution in [0.5, 0.6) is 5.88 Å². The van der Waals surface area contributed by atoms with Gasteiger partial charge in [-0.25, -0.2) is 0 Å². The third-order valence-corrected chi connectivity index (χ3v) is 5.66. The van der Waals surface area contributed by atoms with E-state index in [-0.39, 0.29) is 0 Å². The normalized spacial score (nSPS) is 11.5. The summed E-state index contributed by atoms with van der Waals surface area (Å²) in [7, 11) is 0. The van der Waals surface area contributed by atoms with E-state index in [9.17, 15) is 5.11 Å². The van der Waals surface area contributed by atoms with Gasteiger partial charge in [0, 0.05) is 17.0 Å². The van der Waals surface area contributed by atoms with Crippen LogP contribution in [0.15, 0.2) is 78.9 Å². The lowest BCUT2D eigenvalue weighted by Crippen LogP contribution is -2.20. The Morgan fingerprint density at radius 3 is 2.08 bits per heavy atom. The van der Waals surface area contributed by atoms with Crippen molar-refractivity contribution in [2.24, 2.45) is 0 Å². The van der Waals surface area contributed by atoms with Gasteiger partial charge in [0.2, 0.25) is 5.52 Å². The molecule has 2 heterocycles. The lowest BCUT2D eigenvalue weighted by atomic mass is 10.1. The highest BCUT2D eigenvalue weighted by molar-refractivity contribution is 7.21. The molecule has 0 aliphatic heterocycles. The second-order valence-corrected chi connectivity index (χ2v) is 6.82. The summed E-state index contributed by atoms with van der Waals surface area (Å²) in [6, 6.07) is 26.7. The van der Waals surface area contributed by atoms with Crippen molar-refractivity contribution in [1.29, 1.82) is 0 Å². The molecule has 3 aromatic carbocycles. The molecular formula is C21H14NOS+. The second kappa shape index (κ2) is 5.05. The van der Waals surface area contributed by atoms with Crippen molar-refractivity contribution in [2.45, 2.75) is 0 Å².